The fraction of sp³-hybridized carbons (Fsp3) is 0.478. The molecule has 0 radical (unpaired) electrons. The monoisotopic (exact) mass is 416 g/mol. The number of thioether (sulfide) groups is 1. The van der Waals surface area contributed by atoms with E-state index in [1.165, 1.54) is 17.0 Å². The van der Waals surface area contributed by atoms with Crippen molar-refractivity contribution in [1.82, 2.24) is 4.90 Å². The molecule has 6 heteroatoms. The van der Waals surface area contributed by atoms with Crippen LogP contribution >= 0.6 is 11.8 Å². The first kappa shape index (κ1) is 21.8. The van der Waals surface area contributed by atoms with Gasteiger partial charge in [0.2, 0.25) is 0 Å². The average molecular weight is 417 g/mol. The number of benzene rings is 2. The zero-order valence-corrected chi connectivity index (χ0v) is 18.5. The minimum absolute atomic E-state index is 0.547. The van der Waals surface area contributed by atoms with E-state index in [4.69, 9.17) is 9.47 Å². The van der Waals surface area contributed by atoms with Crippen LogP contribution < -0.4 is 14.4 Å². The second kappa shape index (κ2) is 10.8. The molecule has 2 aromatic carbocycles. The highest BCUT2D eigenvalue weighted by molar-refractivity contribution is 7.99. The van der Waals surface area contributed by atoms with Gasteiger partial charge in [-0.25, -0.2) is 0 Å². The molecule has 3 rings (SSSR count). The summed E-state index contributed by atoms with van der Waals surface area (Å²) >= 11 is 1.94. The number of nitrogens with zero attached hydrogens (tertiary/aromatic N) is 2. The van der Waals surface area contributed by atoms with Gasteiger partial charge in [0.25, 0.3) is 0 Å². The number of aliphatic hydroxyl groups is 1. The van der Waals surface area contributed by atoms with Crippen molar-refractivity contribution in [3.05, 3.63) is 48.0 Å². The Hall–Kier alpha value is -1.89. The smallest absolute Gasteiger partial charge is 0.161 e. The van der Waals surface area contributed by atoms with Crippen molar-refractivity contribution in [2.75, 3.05) is 57.6 Å². The summed E-state index contributed by atoms with van der Waals surface area (Å²) in [5, 5.41) is 10.7. The predicted molar refractivity (Wildman–Crippen MR) is 121 cm³/mol. The van der Waals surface area contributed by atoms with Crippen molar-refractivity contribution < 1.29 is 14.6 Å². The highest BCUT2D eigenvalue weighted by Crippen LogP contribution is 2.32. The minimum atomic E-state index is -0.547. The summed E-state index contributed by atoms with van der Waals surface area (Å²) in [6, 6.07) is 14.3. The number of hydrogen-bond donors (Lipinski definition) is 1. The Balaban J connectivity index is 1.57. The largest absolute Gasteiger partial charge is 0.493 e. The van der Waals surface area contributed by atoms with Crippen molar-refractivity contribution >= 4 is 17.4 Å². The molecule has 1 heterocycles. The molecule has 1 fully saturated rings. The Morgan fingerprint density at radius 3 is 2.41 bits per heavy atom. The predicted octanol–water partition coefficient (Wildman–Crippen LogP) is 4.06. The lowest BCUT2D eigenvalue weighted by atomic mass is 10.1. The van der Waals surface area contributed by atoms with Gasteiger partial charge >= 0.3 is 0 Å². The zero-order chi connectivity index (χ0) is 20.6. The third-order valence-corrected chi connectivity index (χ3v) is 6.53. The first-order chi connectivity index (χ1) is 14.2. The molecule has 29 heavy (non-hydrogen) atoms. The summed E-state index contributed by atoms with van der Waals surface area (Å²) in [5.74, 6) is 2.47. The van der Waals surface area contributed by atoms with Crippen LogP contribution in [0.15, 0.2) is 47.4 Å². The summed E-state index contributed by atoms with van der Waals surface area (Å²) < 4.78 is 10.6. The van der Waals surface area contributed by atoms with E-state index in [-0.39, 0.29) is 0 Å². The molecular formula is C23H32N2O3S. The molecule has 1 N–H and O–H groups in total. The van der Waals surface area contributed by atoms with Gasteiger partial charge in [-0.05, 0) is 42.0 Å². The summed E-state index contributed by atoms with van der Waals surface area (Å²) in [6.45, 7) is 6.67. The number of aliphatic hydroxyl groups excluding tert-OH is 1. The average Bonchev–Trinajstić information content (AvgIpc) is 2.78. The topological polar surface area (TPSA) is 45.2 Å². The van der Waals surface area contributed by atoms with E-state index >= 15 is 0 Å². The molecule has 158 valence electrons. The second-order valence-corrected chi connectivity index (χ2v) is 8.37. The van der Waals surface area contributed by atoms with Crippen molar-refractivity contribution in [3.63, 3.8) is 0 Å². The number of piperazine rings is 1. The molecule has 0 bridgehead atoms. The maximum atomic E-state index is 10.7. The molecule has 5 nitrogen and oxygen atoms in total. The van der Waals surface area contributed by atoms with E-state index in [9.17, 15) is 5.11 Å². The van der Waals surface area contributed by atoms with Crippen LogP contribution in [-0.4, -0.2) is 62.7 Å². The third-order valence-electron chi connectivity index (χ3n) is 5.26. The molecular weight excluding hydrogens is 384 g/mol. The van der Waals surface area contributed by atoms with Crippen LogP contribution in [0.5, 0.6) is 11.5 Å². The fourth-order valence-corrected chi connectivity index (χ4v) is 4.58. The Labute approximate surface area is 178 Å². The van der Waals surface area contributed by atoms with E-state index in [0.29, 0.717) is 18.0 Å². The Bertz CT molecular complexity index is 778. The number of hydrogen-bond acceptors (Lipinski definition) is 6. The van der Waals surface area contributed by atoms with Crippen molar-refractivity contribution in [3.8, 4) is 11.5 Å². The van der Waals surface area contributed by atoms with Gasteiger partial charge < -0.3 is 19.5 Å². The molecule has 1 saturated heterocycles. The van der Waals surface area contributed by atoms with E-state index < -0.39 is 6.10 Å². The highest BCUT2D eigenvalue weighted by Gasteiger charge is 2.22. The van der Waals surface area contributed by atoms with Gasteiger partial charge in [-0.2, -0.15) is 0 Å². The lowest BCUT2D eigenvalue weighted by Crippen LogP contribution is -2.47. The summed E-state index contributed by atoms with van der Waals surface area (Å²) in [6.07, 6.45) is 0.634. The van der Waals surface area contributed by atoms with E-state index in [2.05, 4.69) is 41.0 Å². The van der Waals surface area contributed by atoms with E-state index in [0.717, 1.165) is 37.5 Å². The van der Waals surface area contributed by atoms with Crippen LogP contribution in [0.2, 0.25) is 0 Å². The third kappa shape index (κ3) is 5.59. The highest BCUT2D eigenvalue weighted by atomic mass is 32.2. The first-order valence-electron chi connectivity index (χ1n) is 10.2. The Kier molecular flexibility index (Phi) is 8.09. The molecule has 0 unspecified atom stereocenters. The van der Waals surface area contributed by atoms with Crippen LogP contribution in [-0.2, 0) is 0 Å². The molecule has 1 aliphatic rings. The maximum absolute atomic E-state index is 10.7. The van der Waals surface area contributed by atoms with Crippen LogP contribution in [0.4, 0.5) is 5.69 Å². The van der Waals surface area contributed by atoms with Gasteiger partial charge in [0.1, 0.15) is 0 Å². The van der Waals surface area contributed by atoms with Crippen molar-refractivity contribution in [1.29, 1.82) is 0 Å². The lowest BCUT2D eigenvalue weighted by Gasteiger charge is -2.37. The number of ether oxygens (including phenoxy) is 2. The summed E-state index contributed by atoms with van der Waals surface area (Å²) in [4.78, 5) is 6.17. The first-order valence-corrected chi connectivity index (χ1v) is 11.2. The Morgan fingerprint density at radius 1 is 1.00 bits per heavy atom. The minimum Gasteiger partial charge on any atom is -0.493 e. The van der Waals surface area contributed by atoms with Gasteiger partial charge in [0.05, 0.1) is 26.0 Å². The van der Waals surface area contributed by atoms with Gasteiger partial charge in [-0.15, -0.1) is 11.8 Å². The van der Waals surface area contributed by atoms with Crippen LogP contribution in [0.25, 0.3) is 0 Å². The number of methoxy groups -OCH3 is 2. The molecule has 1 atom stereocenters. The molecule has 0 spiro atoms. The second-order valence-electron chi connectivity index (χ2n) is 7.23. The maximum Gasteiger partial charge on any atom is 0.161 e. The molecule has 0 aliphatic carbocycles. The molecule has 0 amide bonds. The fourth-order valence-electron chi connectivity index (χ4n) is 3.63. The number of anilines is 1. The van der Waals surface area contributed by atoms with Crippen molar-refractivity contribution in [2.24, 2.45) is 0 Å². The number of para-hydroxylation sites is 1. The van der Waals surface area contributed by atoms with Crippen LogP contribution in [0.1, 0.15) is 25.0 Å². The van der Waals surface area contributed by atoms with Gasteiger partial charge in [0.15, 0.2) is 11.5 Å². The molecule has 1 aliphatic heterocycles. The van der Waals surface area contributed by atoms with E-state index in [1.807, 2.05) is 30.0 Å². The van der Waals surface area contributed by atoms with Gasteiger partial charge in [-0.1, -0.05) is 25.1 Å². The van der Waals surface area contributed by atoms with Gasteiger partial charge in [-0.3, -0.25) is 4.90 Å². The van der Waals surface area contributed by atoms with Crippen molar-refractivity contribution in [2.45, 2.75) is 24.3 Å². The quantitative estimate of drug-likeness (QED) is 0.622. The molecule has 0 aromatic heterocycles. The standard InChI is InChI=1S/C23H32N2O3S/c1-4-15-29-23-8-6-5-7-19(23)25-13-11-24(12-14-25)17-20(26)18-9-10-21(27-2)22(16-18)28-3/h5-10,16,20,26H,4,11-15,17H2,1-3H3/t20-/m1/s1. The number of rotatable bonds is 9. The molecule has 0 saturated carbocycles. The molecule has 2 aromatic rings. The number of β-amino-alcohol motifs (C(OH)–C–C–N with tert-alkyl or cyclic N) is 1. The lowest BCUT2D eigenvalue weighted by molar-refractivity contribution is 0.109. The zero-order valence-electron chi connectivity index (χ0n) is 17.6. The van der Waals surface area contributed by atoms with Crippen LogP contribution in [0, 0.1) is 0 Å². The van der Waals surface area contributed by atoms with Crippen LogP contribution in [0.3, 0.4) is 0 Å². The normalized spacial score (nSPS) is 15.9. The van der Waals surface area contributed by atoms with E-state index in [1.54, 1.807) is 14.2 Å². The summed E-state index contributed by atoms with van der Waals surface area (Å²) in [5.41, 5.74) is 2.19. The Morgan fingerprint density at radius 2 is 1.72 bits per heavy atom. The SMILES string of the molecule is CCCSc1ccccc1N1CCN(C[C@@H](O)c2ccc(OC)c(OC)c2)CC1. The van der Waals surface area contributed by atoms with Gasteiger partial charge in [0, 0.05) is 37.6 Å². The summed E-state index contributed by atoms with van der Waals surface area (Å²) in [7, 11) is 3.23.